The molecule has 4 rings (SSSR count). The number of nitrogens with zero attached hydrogens (tertiary/aromatic N) is 3. The van der Waals surface area contributed by atoms with Crippen molar-refractivity contribution in [2.45, 2.75) is 38.6 Å². The molecule has 1 aliphatic rings. The number of piperidine rings is 1. The lowest BCUT2D eigenvalue weighted by atomic mass is 9.82. The Labute approximate surface area is 221 Å². The Morgan fingerprint density at radius 3 is 2.78 bits per heavy atom. The summed E-state index contributed by atoms with van der Waals surface area (Å²) in [6.45, 7) is 7.85. The second kappa shape index (κ2) is 11.4. The number of para-hydroxylation sites is 1. The highest BCUT2D eigenvalue weighted by Gasteiger charge is 2.38. The molecule has 3 heterocycles. The Bertz CT molecular complexity index is 1230. The van der Waals surface area contributed by atoms with Gasteiger partial charge in [-0.05, 0) is 62.1 Å². The molecule has 2 N–H and O–H groups in total. The molecule has 9 heteroatoms. The molecule has 0 saturated carbocycles. The second-order valence-electron chi connectivity index (χ2n) is 9.66. The van der Waals surface area contributed by atoms with Gasteiger partial charge >= 0.3 is 5.97 Å². The van der Waals surface area contributed by atoms with E-state index in [2.05, 4.69) is 23.5 Å². The van der Waals surface area contributed by atoms with Crippen LogP contribution < -0.4 is 14.4 Å². The van der Waals surface area contributed by atoms with E-state index in [1.54, 1.807) is 6.92 Å². The molecule has 1 fully saturated rings. The number of benzene rings is 1. The summed E-state index contributed by atoms with van der Waals surface area (Å²) >= 11 is 7.87. The SMILES string of the molecule is CC(C)COc1ccccc1-c1nc(NSc2cccc(N3CCCC(C)(C(=O)O)C3)n2)ccc1Cl. The van der Waals surface area contributed by atoms with Crippen molar-refractivity contribution < 1.29 is 14.6 Å². The average molecular weight is 527 g/mol. The number of carboxylic acids is 1. The predicted molar refractivity (Wildman–Crippen MR) is 146 cm³/mol. The molecular weight excluding hydrogens is 496 g/mol. The first-order valence-corrected chi connectivity index (χ1v) is 13.2. The van der Waals surface area contributed by atoms with E-state index in [4.69, 9.17) is 26.3 Å². The zero-order valence-electron chi connectivity index (χ0n) is 20.7. The molecule has 1 aliphatic heterocycles. The van der Waals surface area contributed by atoms with Gasteiger partial charge < -0.3 is 19.5 Å². The van der Waals surface area contributed by atoms with Crippen LogP contribution in [0.2, 0.25) is 5.02 Å². The zero-order chi connectivity index (χ0) is 25.7. The summed E-state index contributed by atoms with van der Waals surface area (Å²) in [6.07, 6.45) is 1.49. The van der Waals surface area contributed by atoms with Crippen LogP contribution in [0.4, 0.5) is 11.6 Å². The van der Waals surface area contributed by atoms with Gasteiger partial charge in [0.05, 0.1) is 22.7 Å². The Kier molecular flexibility index (Phi) is 8.26. The largest absolute Gasteiger partial charge is 0.493 e. The smallest absolute Gasteiger partial charge is 0.311 e. The highest BCUT2D eigenvalue weighted by Crippen LogP contribution is 2.36. The van der Waals surface area contributed by atoms with Gasteiger partial charge in [-0.2, -0.15) is 0 Å². The standard InChI is InChI=1S/C27H31ClN4O3S/c1-18(2)16-35-21-9-5-4-8-19(21)25-20(28)12-13-22(29-25)31-36-24-11-6-10-23(30-24)32-15-7-14-27(3,17-32)26(33)34/h4-6,8-13,18H,7,14-17H2,1-3H3,(H,29,31)(H,33,34). The second-order valence-corrected chi connectivity index (χ2v) is 10.9. The van der Waals surface area contributed by atoms with Crippen molar-refractivity contribution in [1.29, 1.82) is 0 Å². The first-order chi connectivity index (χ1) is 17.2. The highest BCUT2D eigenvalue weighted by atomic mass is 35.5. The minimum atomic E-state index is -0.764. The maximum absolute atomic E-state index is 11.7. The molecule has 7 nitrogen and oxygen atoms in total. The van der Waals surface area contributed by atoms with Crippen LogP contribution >= 0.6 is 23.5 Å². The molecule has 0 radical (unpaired) electrons. The van der Waals surface area contributed by atoms with E-state index in [0.717, 1.165) is 35.1 Å². The summed E-state index contributed by atoms with van der Waals surface area (Å²) in [7, 11) is 0. The maximum atomic E-state index is 11.7. The number of ether oxygens (including phenoxy) is 1. The van der Waals surface area contributed by atoms with E-state index in [1.807, 2.05) is 54.6 Å². The molecule has 0 aliphatic carbocycles. The van der Waals surface area contributed by atoms with Crippen LogP contribution in [0.15, 0.2) is 59.6 Å². The molecular formula is C27H31ClN4O3S. The van der Waals surface area contributed by atoms with Crippen LogP contribution in [0.3, 0.4) is 0 Å². The van der Waals surface area contributed by atoms with Crippen LogP contribution in [-0.2, 0) is 4.79 Å². The number of halogens is 1. The average Bonchev–Trinajstić information content (AvgIpc) is 2.87. The van der Waals surface area contributed by atoms with E-state index < -0.39 is 11.4 Å². The van der Waals surface area contributed by atoms with Gasteiger partial charge in [0, 0.05) is 30.6 Å². The molecule has 190 valence electrons. The summed E-state index contributed by atoms with van der Waals surface area (Å²) in [5, 5.41) is 10.9. The van der Waals surface area contributed by atoms with Crippen molar-refractivity contribution in [3.63, 3.8) is 0 Å². The van der Waals surface area contributed by atoms with Gasteiger partial charge in [0.2, 0.25) is 0 Å². The first kappa shape index (κ1) is 26.1. The fourth-order valence-electron chi connectivity index (χ4n) is 4.08. The van der Waals surface area contributed by atoms with Gasteiger partial charge in [0.15, 0.2) is 0 Å². The molecule has 1 aromatic carbocycles. The minimum absolute atomic E-state index is 0.400. The van der Waals surface area contributed by atoms with Crippen LogP contribution in [0.5, 0.6) is 5.75 Å². The van der Waals surface area contributed by atoms with Gasteiger partial charge in [-0.25, -0.2) is 9.97 Å². The number of carboxylic acid groups (broad SMARTS) is 1. The number of hydrogen-bond acceptors (Lipinski definition) is 7. The van der Waals surface area contributed by atoms with E-state index in [9.17, 15) is 9.90 Å². The monoisotopic (exact) mass is 526 g/mol. The number of pyridine rings is 2. The van der Waals surface area contributed by atoms with Gasteiger partial charge in [-0.15, -0.1) is 0 Å². The maximum Gasteiger partial charge on any atom is 0.311 e. The van der Waals surface area contributed by atoms with Gasteiger partial charge in [0.25, 0.3) is 0 Å². The minimum Gasteiger partial charge on any atom is -0.493 e. The Hall–Kier alpha value is -2.97. The third-order valence-corrected chi connectivity index (χ3v) is 7.12. The number of aromatic nitrogens is 2. The third-order valence-electron chi connectivity index (χ3n) is 6.07. The van der Waals surface area contributed by atoms with E-state index in [-0.39, 0.29) is 0 Å². The van der Waals surface area contributed by atoms with Crippen molar-refractivity contribution in [2.75, 3.05) is 29.3 Å². The Balaban J connectivity index is 1.49. The molecule has 3 aromatic rings. The van der Waals surface area contributed by atoms with Crippen LogP contribution in [0, 0.1) is 11.3 Å². The molecule has 1 saturated heterocycles. The number of nitrogens with one attached hydrogen (secondary N) is 1. The van der Waals surface area contributed by atoms with Gasteiger partial charge in [-0.3, -0.25) is 4.79 Å². The predicted octanol–water partition coefficient (Wildman–Crippen LogP) is 6.64. The molecule has 2 aromatic heterocycles. The van der Waals surface area contributed by atoms with Crippen LogP contribution in [0.1, 0.15) is 33.6 Å². The van der Waals surface area contributed by atoms with Crippen molar-refractivity contribution >= 4 is 41.2 Å². The Morgan fingerprint density at radius 2 is 2.00 bits per heavy atom. The van der Waals surface area contributed by atoms with Crippen LogP contribution in [0.25, 0.3) is 11.3 Å². The first-order valence-electron chi connectivity index (χ1n) is 12.0. The number of hydrogen-bond donors (Lipinski definition) is 2. The molecule has 0 bridgehead atoms. The van der Waals surface area contributed by atoms with E-state index in [0.29, 0.717) is 42.0 Å². The quantitative estimate of drug-likeness (QED) is 0.300. The van der Waals surface area contributed by atoms with Crippen molar-refractivity contribution in [3.8, 4) is 17.0 Å². The number of carbonyl (C=O) groups is 1. The van der Waals surface area contributed by atoms with Crippen molar-refractivity contribution in [2.24, 2.45) is 11.3 Å². The molecule has 36 heavy (non-hydrogen) atoms. The Morgan fingerprint density at radius 1 is 1.19 bits per heavy atom. The molecule has 0 amide bonds. The summed E-state index contributed by atoms with van der Waals surface area (Å²) in [5.41, 5.74) is 0.716. The van der Waals surface area contributed by atoms with Crippen molar-refractivity contribution in [3.05, 3.63) is 59.6 Å². The highest BCUT2D eigenvalue weighted by molar-refractivity contribution is 8.00. The molecule has 1 unspecified atom stereocenters. The normalized spacial score (nSPS) is 17.8. The fraction of sp³-hybridized carbons (Fsp3) is 0.370. The van der Waals surface area contributed by atoms with Gasteiger partial charge in [-0.1, -0.05) is 43.6 Å². The zero-order valence-corrected chi connectivity index (χ0v) is 22.3. The summed E-state index contributed by atoms with van der Waals surface area (Å²) < 4.78 is 9.27. The van der Waals surface area contributed by atoms with Crippen molar-refractivity contribution in [1.82, 2.24) is 9.97 Å². The van der Waals surface area contributed by atoms with E-state index in [1.165, 1.54) is 11.9 Å². The summed E-state index contributed by atoms with van der Waals surface area (Å²) in [6, 6.07) is 17.2. The number of rotatable bonds is 9. The van der Waals surface area contributed by atoms with E-state index >= 15 is 0 Å². The number of aliphatic carboxylic acids is 1. The lowest BCUT2D eigenvalue weighted by Gasteiger charge is -2.38. The third kappa shape index (κ3) is 6.23. The molecule has 0 spiro atoms. The lowest BCUT2D eigenvalue weighted by molar-refractivity contribution is -0.148. The lowest BCUT2D eigenvalue weighted by Crippen LogP contribution is -2.46. The fourth-order valence-corrected chi connectivity index (χ4v) is 4.90. The number of anilines is 2. The summed E-state index contributed by atoms with van der Waals surface area (Å²) in [5.74, 6) is 1.79. The van der Waals surface area contributed by atoms with Crippen LogP contribution in [-0.4, -0.2) is 40.7 Å². The van der Waals surface area contributed by atoms with Gasteiger partial charge in [0.1, 0.15) is 22.4 Å². The molecule has 1 atom stereocenters. The topological polar surface area (TPSA) is 87.6 Å². The summed E-state index contributed by atoms with van der Waals surface area (Å²) in [4.78, 5) is 23.3.